The first-order valence-electron chi connectivity index (χ1n) is 6.60. The molecule has 1 aliphatic carbocycles. The number of carbonyl (C=O) groups is 2. The lowest BCUT2D eigenvalue weighted by Crippen LogP contribution is -2.54. The van der Waals surface area contributed by atoms with Gasteiger partial charge in [-0.25, -0.2) is 0 Å². The van der Waals surface area contributed by atoms with Crippen LogP contribution in [0.4, 0.5) is 0 Å². The van der Waals surface area contributed by atoms with Crippen molar-refractivity contribution in [3.05, 3.63) is 0 Å². The largest absolute Gasteiger partial charge is 0.409 e. The van der Waals surface area contributed by atoms with Gasteiger partial charge in [-0.1, -0.05) is 18.5 Å². The van der Waals surface area contributed by atoms with Gasteiger partial charge in [-0.3, -0.25) is 9.59 Å². The van der Waals surface area contributed by atoms with Gasteiger partial charge in [-0.05, 0) is 19.3 Å². The summed E-state index contributed by atoms with van der Waals surface area (Å²) in [6.45, 7) is 2.87. The van der Waals surface area contributed by atoms with Crippen molar-refractivity contribution in [1.82, 2.24) is 10.6 Å². The standard InChI is InChI=1S/C12H22N4O3/c1-2-7-14-9(17)4-8-15-11(18)12(5-3-6-12)10(13)16-19/h19H,2-8H2,1H3,(H2,13,16)(H,14,17)(H,15,18). The summed E-state index contributed by atoms with van der Waals surface area (Å²) >= 11 is 0. The first-order valence-corrected chi connectivity index (χ1v) is 6.60. The number of oxime groups is 1. The highest BCUT2D eigenvalue weighted by molar-refractivity contribution is 6.07. The number of amides is 2. The Hall–Kier alpha value is -1.79. The van der Waals surface area contributed by atoms with Gasteiger partial charge in [-0.2, -0.15) is 0 Å². The molecule has 108 valence electrons. The van der Waals surface area contributed by atoms with E-state index in [0.29, 0.717) is 19.4 Å². The summed E-state index contributed by atoms with van der Waals surface area (Å²) in [7, 11) is 0. The summed E-state index contributed by atoms with van der Waals surface area (Å²) in [5, 5.41) is 17.1. The maximum atomic E-state index is 12.0. The van der Waals surface area contributed by atoms with E-state index < -0.39 is 5.41 Å². The van der Waals surface area contributed by atoms with Gasteiger partial charge in [0.25, 0.3) is 0 Å². The van der Waals surface area contributed by atoms with Crippen LogP contribution in [0.5, 0.6) is 0 Å². The van der Waals surface area contributed by atoms with E-state index in [1.54, 1.807) is 0 Å². The van der Waals surface area contributed by atoms with Crippen LogP contribution in [0.2, 0.25) is 0 Å². The summed E-state index contributed by atoms with van der Waals surface area (Å²) in [6, 6.07) is 0. The summed E-state index contributed by atoms with van der Waals surface area (Å²) in [5.41, 5.74) is 4.69. The zero-order valence-electron chi connectivity index (χ0n) is 11.2. The Labute approximate surface area is 112 Å². The summed E-state index contributed by atoms with van der Waals surface area (Å²) in [6.07, 6.45) is 3.15. The third kappa shape index (κ3) is 3.59. The average Bonchev–Trinajstić information content (AvgIpc) is 2.34. The molecule has 0 spiro atoms. The molecule has 1 fully saturated rings. The van der Waals surface area contributed by atoms with E-state index in [1.165, 1.54) is 0 Å². The van der Waals surface area contributed by atoms with Crippen LogP contribution in [0.15, 0.2) is 5.16 Å². The Balaban J connectivity index is 2.37. The fraction of sp³-hybridized carbons (Fsp3) is 0.750. The van der Waals surface area contributed by atoms with E-state index in [1.807, 2.05) is 6.92 Å². The summed E-state index contributed by atoms with van der Waals surface area (Å²) < 4.78 is 0. The SMILES string of the molecule is CCCNC(=O)CCNC(=O)C1(C(N)=NO)CCC1. The van der Waals surface area contributed by atoms with Gasteiger partial charge in [0.05, 0.1) is 0 Å². The second-order valence-electron chi connectivity index (χ2n) is 4.78. The lowest BCUT2D eigenvalue weighted by molar-refractivity contribution is -0.131. The molecule has 2 amide bonds. The Morgan fingerprint density at radius 1 is 1.32 bits per heavy atom. The molecule has 19 heavy (non-hydrogen) atoms. The molecule has 0 atom stereocenters. The van der Waals surface area contributed by atoms with Crippen molar-refractivity contribution in [2.45, 2.75) is 39.0 Å². The predicted octanol–water partition coefficient (Wildman–Crippen LogP) is -0.0644. The third-order valence-electron chi connectivity index (χ3n) is 3.45. The van der Waals surface area contributed by atoms with E-state index in [-0.39, 0.29) is 30.6 Å². The van der Waals surface area contributed by atoms with Crippen LogP contribution in [-0.2, 0) is 9.59 Å². The molecule has 0 bridgehead atoms. The minimum Gasteiger partial charge on any atom is -0.409 e. The summed E-state index contributed by atoms with van der Waals surface area (Å²) in [5.74, 6) is -0.405. The maximum Gasteiger partial charge on any atom is 0.233 e. The topological polar surface area (TPSA) is 117 Å². The first kappa shape index (κ1) is 15.3. The Morgan fingerprint density at radius 2 is 2.00 bits per heavy atom. The molecule has 0 aromatic carbocycles. The van der Waals surface area contributed by atoms with Gasteiger partial charge in [0.15, 0.2) is 5.84 Å². The molecule has 0 unspecified atom stereocenters. The van der Waals surface area contributed by atoms with Crippen molar-refractivity contribution < 1.29 is 14.8 Å². The smallest absolute Gasteiger partial charge is 0.233 e. The minimum absolute atomic E-state index is 0.0494. The highest BCUT2D eigenvalue weighted by Gasteiger charge is 2.48. The molecular weight excluding hydrogens is 248 g/mol. The van der Waals surface area contributed by atoms with Crippen LogP contribution in [0.3, 0.4) is 0 Å². The number of hydrogen-bond acceptors (Lipinski definition) is 4. The van der Waals surface area contributed by atoms with Gasteiger partial charge in [0, 0.05) is 19.5 Å². The maximum absolute atomic E-state index is 12.0. The molecule has 7 nitrogen and oxygen atoms in total. The van der Waals surface area contributed by atoms with Crippen molar-refractivity contribution in [2.75, 3.05) is 13.1 Å². The predicted molar refractivity (Wildman–Crippen MR) is 70.6 cm³/mol. The number of carbonyl (C=O) groups excluding carboxylic acids is 2. The number of rotatable bonds is 7. The highest BCUT2D eigenvalue weighted by Crippen LogP contribution is 2.41. The Kier molecular flexibility index (Phi) is 5.59. The van der Waals surface area contributed by atoms with Crippen molar-refractivity contribution in [3.8, 4) is 0 Å². The second-order valence-corrected chi connectivity index (χ2v) is 4.78. The van der Waals surface area contributed by atoms with Crippen LogP contribution in [0.1, 0.15) is 39.0 Å². The Morgan fingerprint density at radius 3 is 2.47 bits per heavy atom. The Bertz CT molecular complexity index is 364. The van der Waals surface area contributed by atoms with Crippen molar-refractivity contribution >= 4 is 17.6 Å². The zero-order chi connectivity index (χ0) is 14.3. The van der Waals surface area contributed by atoms with Crippen LogP contribution < -0.4 is 16.4 Å². The van der Waals surface area contributed by atoms with Crippen LogP contribution in [-0.4, -0.2) is 35.9 Å². The van der Waals surface area contributed by atoms with E-state index in [9.17, 15) is 9.59 Å². The quantitative estimate of drug-likeness (QED) is 0.224. The minimum atomic E-state index is -0.880. The average molecular weight is 270 g/mol. The molecule has 1 aliphatic rings. The third-order valence-corrected chi connectivity index (χ3v) is 3.45. The van der Waals surface area contributed by atoms with Crippen molar-refractivity contribution in [1.29, 1.82) is 0 Å². The molecule has 1 saturated carbocycles. The number of nitrogens with zero attached hydrogens (tertiary/aromatic N) is 1. The molecule has 7 heteroatoms. The number of hydrogen-bond donors (Lipinski definition) is 4. The van der Waals surface area contributed by atoms with Gasteiger partial charge in [-0.15, -0.1) is 0 Å². The molecule has 0 aliphatic heterocycles. The molecule has 0 aromatic rings. The van der Waals surface area contributed by atoms with E-state index in [0.717, 1.165) is 12.8 Å². The van der Waals surface area contributed by atoms with Crippen molar-refractivity contribution in [2.24, 2.45) is 16.3 Å². The molecule has 5 N–H and O–H groups in total. The normalized spacial score (nSPS) is 17.4. The van der Waals surface area contributed by atoms with Crippen LogP contribution >= 0.6 is 0 Å². The molecule has 0 aromatic heterocycles. The van der Waals surface area contributed by atoms with Gasteiger partial charge in [0.1, 0.15) is 5.41 Å². The fourth-order valence-corrected chi connectivity index (χ4v) is 2.04. The van der Waals surface area contributed by atoms with Crippen LogP contribution in [0, 0.1) is 5.41 Å². The van der Waals surface area contributed by atoms with Crippen molar-refractivity contribution in [3.63, 3.8) is 0 Å². The highest BCUT2D eigenvalue weighted by atomic mass is 16.4. The molecule has 0 heterocycles. The fourth-order valence-electron chi connectivity index (χ4n) is 2.04. The lowest BCUT2D eigenvalue weighted by atomic mass is 9.67. The van der Waals surface area contributed by atoms with E-state index >= 15 is 0 Å². The molecule has 1 rings (SSSR count). The first-order chi connectivity index (χ1) is 9.06. The monoisotopic (exact) mass is 270 g/mol. The van der Waals surface area contributed by atoms with Gasteiger partial charge >= 0.3 is 0 Å². The number of nitrogens with one attached hydrogen (secondary N) is 2. The number of nitrogens with two attached hydrogens (primary N) is 1. The lowest BCUT2D eigenvalue weighted by Gasteiger charge is -2.38. The molecular formula is C12H22N4O3. The van der Waals surface area contributed by atoms with E-state index in [2.05, 4.69) is 15.8 Å². The van der Waals surface area contributed by atoms with Gasteiger partial charge in [0.2, 0.25) is 11.8 Å². The molecule has 0 saturated heterocycles. The second kappa shape index (κ2) is 6.96. The van der Waals surface area contributed by atoms with Crippen LogP contribution in [0.25, 0.3) is 0 Å². The zero-order valence-corrected chi connectivity index (χ0v) is 11.2. The van der Waals surface area contributed by atoms with Gasteiger partial charge < -0.3 is 21.6 Å². The van der Waals surface area contributed by atoms with E-state index in [4.69, 9.17) is 10.9 Å². The summed E-state index contributed by atoms with van der Waals surface area (Å²) in [4.78, 5) is 23.4. The molecule has 0 radical (unpaired) electrons. The number of amidine groups is 1.